The first-order chi connectivity index (χ1) is 8.42. The van der Waals surface area contributed by atoms with Crippen molar-refractivity contribution < 1.29 is 22.7 Å². The molecule has 1 aliphatic heterocycles. The quantitative estimate of drug-likeness (QED) is 0.649. The Hall–Kier alpha value is -1.93. The first-order valence-corrected chi connectivity index (χ1v) is 6.33. The van der Waals surface area contributed by atoms with Gasteiger partial charge in [0, 0.05) is 0 Å². The lowest BCUT2D eigenvalue weighted by Gasteiger charge is -1.91. The second-order valence-corrected chi connectivity index (χ2v) is 4.86. The van der Waals surface area contributed by atoms with Crippen LogP contribution in [0.25, 0.3) is 0 Å². The number of hydrogen-bond acceptors (Lipinski definition) is 6. The molecule has 3 N–H and O–H groups in total. The predicted molar refractivity (Wildman–Crippen MR) is 62.2 cm³/mol. The van der Waals surface area contributed by atoms with Gasteiger partial charge in [-0.1, -0.05) is 12.1 Å². The normalized spacial score (nSPS) is 14.9. The predicted octanol–water partition coefficient (Wildman–Crippen LogP) is -0.763. The van der Waals surface area contributed by atoms with Crippen LogP contribution in [0, 0.1) is 0 Å². The van der Waals surface area contributed by atoms with E-state index in [2.05, 4.69) is 4.74 Å². The second-order valence-electron chi connectivity index (χ2n) is 3.21. The molecule has 0 saturated carbocycles. The van der Waals surface area contributed by atoms with Gasteiger partial charge < -0.3 is 10.5 Å². The van der Waals surface area contributed by atoms with Crippen LogP contribution in [0.4, 0.5) is 0 Å². The molecule has 8 heteroatoms. The number of rotatable bonds is 1. The molecule has 0 aliphatic carbocycles. The highest BCUT2D eigenvalue weighted by Gasteiger charge is 2.31. The van der Waals surface area contributed by atoms with Crippen LogP contribution in [0.3, 0.4) is 0 Å². The van der Waals surface area contributed by atoms with Gasteiger partial charge in [-0.2, -0.15) is 0 Å². The van der Waals surface area contributed by atoms with E-state index in [1.54, 1.807) is 12.1 Å². The number of amides is 1. The van der Waals surface area contributed by atoms with Gasteiger partial charge in [-0.15, -0.1) is 0 Å². The van der Waals surface area contributed by atoms with Gasteiger partial charge in [0.15, 0.2) is 0 Å². The van der Waals surface area contributed by atoms with E-state index in [9.17, 15) is 18.0 Å². The van der Waals surface area contributed by atoms with E-state index in [1.165, 1.54) is 19.2 Å². The summed E-state index contributed by atoms with van der Waals surface area (Å²) in [5, 5.41) is 0. The Morgan fingerprint density at radius 2 is 2.00 bits per heavy atom. The number of nitrogens with one attached hydrogen (secondary N) is 1. The number of methoxy groups -OCH3 is 1. The second kappa shape index (κ2) is 5.61. The maximum atomic E-state index is 11.1. The third kappa shape index (κ3) is 3.05. The number of hydrogen-bond donors (Lipinski definition) is 2. The molecule has 98 valence electrons. The van der Waals surface area contributed by atoms with Crippen molar-refractivity contribution in [2.45, 2.75) is 4.90 Å². The van der Waals surface area contributed by atoms with E-state index >= 15 is 0 Å². The Kier molecular flexibility index (Phi) is 4.40. The third-order valence-corrected chi connectivity index (χ3v) is 3.43. The fourth-order valence-corrected chi connectivity index (χ4v) is 2.38. The zero-order valence-electron chi connectivity index (χ0n) is 9.54. The van der Waals surface area contributed by atoms with Crippen LogP contribution in [0.2, 0.25) is 0 Å². The first kappa shape index (κ1) is 14.1. The van der Waals surface area contributed by atoms with E-state index in [0.29, 0.717) is 0 Å². The van der Waals surface area contributed by atoms with Crippen LogP contribution < -0.4 is 10.5 Å². The van der Waals surface area contributed by atoms with Crippen molar-refractivity contribution in [3.05, 3.63) is 29.8 Å². The summed E-state index contributed by atoms with van der Waals surface area (Å²) in [6.07, 6.45) is 0. The molecule has 18 heavy (non-hydrogen) atoms. The van der Waals surface area contributed by atoms with Crippen molar-refractivity contribution in [1.29, 1.82) is 0 Å². The van der Waals surface area contributed by atoms with Crippen molar-refractivity contribution in [1.82, 2.24) is 4.72 Å². The first-order valence-electron chi connectivity index (χ1n) is 4.85. The number of fused-ring (bicyclic) bond motifs is 1. The number of carbonyl (C=O) groups excluding carboxylic acids is 2. The summed E-state index contributed by atoms with van der Waals surface area (Å²) < 4.78 is 28.3. The smallest absolute Gasteiger partial charge is 0.319 e. The molecule has 1 amide bonds. The lowest BCUT2D eigenvalue weighted by atomic mass is 10.2. The molecule has 0 aromatic heterocycles. The van der Waals surface area contributed by atoms with E-state index in [4.69, 9.17) is 5.73 Å². The van der Waals surface area contributed by atoms with E-state index in [-0.39, 0.29) is 23.0 Å². The van der Waals surface area contributed by atoms with Gasteiger partial charge in [-0.3, -0.25) is 9.59 Å². The fraction of sp³-hybridized carbons (Fsp3) is 0.200. The fourth-order valence-electron chi connectivity index (χ4n) is 1.20. The number of esters is 1. The van der Waals surface area contributed by atoms with Gasteiger partial charge in [0.2, 0.25) is 0 Å². The Labute approximate surface area is 104 Å². The summed E-state index contributed by atoms with van der Waals surface area (Å²) in [6, 6.07) is 6.09. The summed E-state index contributed by atoms with van der Waals surface area (Å²) >= 11 is 0. The molecule has 1 aromatic carbocycles. The summed E-state index contributed by atoms with van der Waals surface area (Å²) in [6.45, 7) is -0.0312. The largest absolute Gasteiger partial charge is 0.468 e. The zero-order chi connectivity index (χ0) is 13.8. The molecule has 0 radical (unpaired) electrons. The Morgan fingerprint density at radius 3 is 2.44 bits per heavy atom. The molecule has 0 bridgehead atoms. The maximum absolute atomic E-state index is 11.1. The number of carbonyl (C=O) groups is 2. The Balaban J connectivity index is 0.000000232. The average Bonchev–Trinajstić information content (AvgIpc) is 2.60. The van der Waals surface area contributed by atoms with E-state index in [0.717, 1.165) is 0 Å². The van der Waals surface area contributed by atoms with Crippen LogP contribution in [0.5, 0.6) is 0 Å². The van der Waals surface area contributed by atoms with Crippen LogP contribution in [-0.4, -0.2) is 33.9 Å². The summed E-state index contributed by atoms with van der Waals surface area (Å²) in [5.41, 5.74) is 5.03. The summed E-state index contributed by atoms with van der Waals surface area (Å²) in [5.74, 6) is -0.930. The van der Waals surface area contributed by atoms with Crippen molar-refractivity contribution >= 4 is 21.9 Å². The van der Waals surface area contributed by atoms with Crippen LogP contribution in [0.15, 0.2) is 29.2 Å². The molecule has 7 nitrogen and oxygen atoms in total. The lowest BCUT2D eigenvalue weighted by Crippen LogP contribution is -2.20. The lowest BCUT2D eigenvalue weighted by molar-refractivity contribution is -0.138. The molecule has 1 heterocycles. The summed E-state index contributed by atoms with van der Waals surface area (Å²) in [7, 11) is -2.25. The molecule has 0 spiro atoms. The van der Waals surface area contributed by atoms with Crippen molar-refractivity contribution in [2.75, 3.05) is 13.7 Å². The number of benzene rings is 1. The van der Waals surface area contributed by atoms with Crippen molar-refractivity contribution in [3.8, 4) is 0 Å². The SMILES string of the molecule is COC(=O)CN.O=C1NS(=O)(=O)c2ccccc21. The van der Waals surface area contributed by atoms with Gasteiger partial charge in [0.1, 0.15) is 4.90 Å². The molecule has 0 saturated heterocycles. The number of sulfonamides is 1. The minimum atomic E-state index is -3.55. The highest BCUT2D eigenvalue weighted by atomic mass is 32.2. The maximum Gasteiger partial charge on any atom is 0.319 e. The highest BCUT2D eigenvalue weighted by molar-refractivity contribution is 7.90. The van der Waals surface area contributed by atoms with Crippen molar-refractivity contribution in [2.24, 2.45) is 5.73 Å². The monoisotopic (exact) mass is 272 g/mol. The van der Waals surface area contributed by atoms with Gasteiger partial charge in [-0.05, 0) is 12.1 Å². The molecule has 1 aromatic rings. The van der Waals surface area contributed by atoms with Crippen molar-refractivity contribution in [3.63, 3.8) is 0 Å². The average molecular weight is 272 g/mol. The van der Waals surface area contributed by atoms with Gasteiger partial charge in [0.05, 0.1) is 19.2 Å². The molecular weight excluding hydrogens is 260 g/mol. The Morgan fingerprint density at radius 1 is 1.39 bits per heavy atom. The van der Waals surface area contributed by atoms with Gasteiger partial charge in [-0.25, -0.2) is 13.1 Å². The van der Waals surface area contributed by atoms with E-state index in [1.807, 2.05) is 4.72 Å². The van der Waals surface area contributed by atoms with Crippen LogP contribution in [0.1, 0.15) is 10.4 Å². The number of nitrogens with two attached hydrogens (primary N) is 1. The molecule has 0 fully saturated rings. The molecule has 0 atom stereocenters. The topological polar surface area (TPSA) is 116 Å². The van der Waals surface area contributed by atoms with Gasteiger partial charge in [0.25, 0.3) is 15.9 Å². The van der Waals surface area contributed by atoms with Crippen LogP contribution >= 0.6 is 0 Å². The van der Waals surface area contributed by atoms with Crippen LogP contribution in [-0.2, 0) is 19.6 Å². The molecule has 2 rings (SSSR count). The molecule has 1 aliphatic rings. The highest BCUT2D eigenvalue weighted by Crippen LogP contribution is 2.20. The minimum absolute atomic E-state index is 0.0312. The zero-order valence-corrected chi connectivity index (χ0v) is 10.4. The Bertz CT molecular complexity index is 561. The van der Waals surface area contributed by atoms with Gasteiger partial charge >= 0.3 is 5.97 Å². The summed E-state index contributed by atoms with van der Waals surface area (Å²) in [4.78, 5) is 20.9. The minimum Gasteiger partial charge on any atom is -0.468 e. The molecular formula is C10H12N2O5S. The van der Waals surface area contributed by atoms with E-state index < -0.39 is 15.9 Å². The standard InChI is InChI=1S/C7H5NO3S.C3H7NO2/c9-7-5-3-1-2-4-6(5)12(10,11)8-7;1-6-3(5)2-4/h1-4H,(H,8,9);2,4H2,1H3. The molecule has 0 unspecified atom stereocenters. The number of ether oxygens (including phenoxy) is 1. The third-order valence-electron chi connectivity index (χ3n) is 2.04.